The van der Waals surface area contributed by atoms with Gasteiger partial charge in [0.2, 0.25) is 0 Å². The van der Waals surface area contributed by atoms with Gasteiger partial charge in [0.1, 0.15) is 17.3 Å². The van der Waals surface area contributed by atoms with Crippen molar-refractivity contribution >= 4 is 0 Å². The molecule has 0 saturated heterocycles. The summed E-state index contributed by atoms with van der Waals surface area (Å²) in [5.41, 5.74) is 0.695. The van der Waals surface area contributed by atoms with Crippen LogP contribution in [0.5, 0.6) is 11.5 Å². The van der Waals surface area contributed by atoms with Crippen LogP contribution in [0, 0.1) is 17.5 Å². The molecule has 0 spiro atoms. The number of nitrogens with one attached hydrogen (secondary N) is 1. The van der Waals surface area contributed by atoms with E-state index in [1.807, 2.05) is 0 Å². The molecule has 5 heteroatoms. The van der Waals surface area contributed by atoms with Gasteiger partial charge in [0.25, 0.3) is 0 Å². The van der Waals surface area contributed by atoms with E-state index in [2.05, 4.69) is 5.32 Å². The molecule has 0 aromatic heterocycles. The van der Waals surface area contributed by atoms with Crippen LogP contribution in [0.25, 0.3) is 0 Å². The molecule has 2 rings (SSSR count). The lowest BCUT2D eigenvalue weighted by Crippen LogP contribution is -2.05. The summed E-state index contributed by atoms with van der Waals surface area (Å²) >= 11 is 0. The average Bonchev–Trinajstić information content (AvgIpc) is 2.33. The molecule has 2 aromatic rings. The van der Waals surface area contributed by atoms with Crippen LogP contribution in [0.3, 0.4) is 0 Å². The molecule has 0 aliphatic heterocycles. The van der Waals surface area contributed by atoms with Crippen LogP contribution in [0.4, 0.5) is 13.2 Å². The van der Waals surface area contributed by atoms with Gasteiger partial charge in [-0.25, -0.2) is 13.2 Å². The van der Waals surface area contributed by atoms with Gasteiger partial charge in [-0.05, 0) is 36.9 Å². The molecule has 1 N–H and O–H groups in total. The van der Waals surface area contributed by atoms with Crippen LogP contribution in [-0.4, -0.2) is 7.05 Å². The number of halogens is 3. The number of benzene rings is 2. The third-order valence-corrected chi connectivity index (χ3v) is 2.44. The van der Waals surface area contributed by atoms with Crippen LogP contribution in [-0.2, 0) is 6.54 Å². The topological polar surface area (TPSA) is 21.3 Å². The van der Waals surface area contributed by atoms with Gasteiger partial charge in [0.15, 0.2) is 11.6 Å². The van der Waals surface area contributed by atoms with Crippen molar-refractivity contribution in [2.45, 2.75) is 6.54 Å². The molecule has 0 atom stereocenters. The quantitative estimate of drug-likeness (QED) is 0.913. The van der Waals surface area contributed by atoms with Crippen LogP contribution in [0.15, 0.2) is 36.4 Å². The third kappa shape index (κ3) is 3.48. The first-order chi connectivity index (χ1) is 9.08. The average molecular weight is 267 g/mol. The highest BCUT2D eigenvalue weighted by Gasteiger charge is 2.06. The second kappa shape index (κ2) is 5.75. The van der Waals surface area contributed by atoms with Crippen LogP contribution in [0.1, 0.15) is 5.56 Å². The summed E-state index contributed by atoms with van der Waals surface area (Å²) in [6.45, 7) is 0.478. The fraction of sp³-hybridized carbons (Fsp3) is 0.143. The maximum absolute atomic E-state index is 13.4. The van der Waals surface area contributed by atoms with Gasteiger partial charge in [0.05, 0.1) is 0 Å². The SMILES string of the molecule is CNCc1cc(F)cc(Oc2ccc(F)c(F)c2)c1. The normalized spacial score (nSPS) is 10.5. The fourth-order valence-corrected chi connectivity index (χ4v) is 1.66. The molecule has 19 heavy (non-hydrogen) atoms. The molecule has 2 nitrogen and oxygen atoms in total. The van der Waals surface area contributed by atoms with E-state index in [0.717, 1.165) is 12.1 Å². The van der Waals surface area contributed by atoms with E-state index >= 15 is 0 Å². The first-order valence-electron chi connectivity index (χ1n) is 5.65. The number of hydrogen-bond donors (Lipinski definition) is 1. The Kier molecular flexibility index (Phi) is 4.06. The van der Waals surface area contributed by atoms with Crippen molar-refractivity contribution < 1.29 is 17.9 Å². The lowest BCUT2D eigenvalue weighted by Gasteiger charge is -2.08. The monoisotopic (exact) mass is 267 g/mol. The highest BCUT2D eigenvalue weighted by molar-refractivity contribution is 5.35. The maximum atomic E-state index is 13.4. The Morgan fingerprint density at radius 1 is 0.947 bits per heavy atom. The first-order valence-corrected chi connectivity index (χ1v) is 5.65. The Morgan fingerprint density at radius 3 is 2.42 bits per heavy atom. The minimum absolute atomic E-state index is 0.111. The van der Waals surface area contributed by atoms with Crippen molar-refractivity contribution in [2.24, 2.45) is 0 Å². The van der Waals surface area contributed by atoms with Crippen molar-refractivity contribution in [1.29, 1.82) is 0 Å². The second-order valence-electron chi connectivity index (χ2n) is 4.00. The van der Waals surface area contributed by atoms with Crippen molar-refractivity contribution in [2.75, 3.05) is 7.05 Å². The first kappa shape index (κ1) is 13.4. The van der Waals surface area contributed by atoms with Crippen LogP contribution in [0.2, 0.25) is 0 Å². The Labute approximate surface area is 108 Å². The highest BCUT2D eigenvalue weighted by atomic mass is 19.2. The zero-order chi connectivity index (χ0) is 13.8. The Morgan fingerprint density at radius 2 is 1.74 bits per heavy atom. The van der Waals surface area contributed by atoms with Crippen LogP contribution < -0.4 is 10.1 Å². The van der Waals surface area contributed by atoms with Crippen molar-refractivity contribution in [3.8, 4) is 11.5 Å². The van der Waals surface area contributed by atoms with E-state index in [1.165, 1.54) is 18.2 Å². The molecule has 0 aliphatic carbocycles. The van der Waals surface area contributed by atoms with E-state index < -0.39 is 17.5 Å². The van der Waals surface area contributed by atoms with Gasteiger partial charge in [-0.1, -0.05) is 0 Å². The van der Waals surface area contributed by atoms with E-state index in [1.54, 1.807) is 13.1 Å². The Balaban J connectivity index is 2.24. The summed E-state index contributed by atoms with van der Waals surface area (Å²) in [6, 6.07) is 7.33. The van der Waals surface area contributed by atoms with Gasteiger partial charge in [-0.3, -0.25) is 0 Å². The fourth-order valence-electron chi connectivity index (χ4n) is 1.66. The lowest BCUT2D eigenvalue weighted by atomic mass is 10.2. The largest absolute Gasteiger partial charge is 0.457 e. The molecule has 0 unspecified atom stereocenters. The zero-order valence-electron chi connectivity index (χ0n) is 10.2. The van der Waals surface area contributed by atoms with Crippen molar-refractivity contribution in [1.82, 2.24) is 5.32 Å². The third-order valence-electron chi connectivity index (χ3n) is 2.44. The minimum Gasteiger partial charge on any atom is -0.457 e. The molecule has 100 valence electrons. The molecular weight excluding hydrogens is 255 g/mol. The van der Waals surface area contributed by atoms with Crippen molar-refractivity contribution in [3.05, 3.63) is 59.4 Å². The second-order valence-corrected chi connectivity index (χ2v) is 4.00. The predicted molar refractivity (Wildman–Crippen MR) is 65.6 cm³/mol. The number of rotatable bonds is 4. The molecule has 2 aromatic carbocycles. The number of ether oxygens (including phenoxy) is 1. The van der Waals surface area contributed by atoms with E-state index in [4.69, 9.17) is 4.74 Å². The van der Waals surface area contributed by atoms with Gasteiger partial charge in [-0.15, -0.1) is 0 Å². The summed E-state index contributed by atoms with van der Waals surface area (Å²) in [5.74, 6) is -2.08. The molecule has 0 bridgehead atoms. The molecule has 0 aliphatic rings. The summed E-state index contributed by atoms with van der Waals surface area (Å²) in [4.78, 5) is 0. The molecular formula is C14H12F3NO. The Hall–Kier alpha value is -2.01. The zero-order valence-corrected chi connectivity index (χ0v) is 10.2. The molecule has 0 saturated carbocycles. The maximum Gasteiger partial charge on any atom is 0.162 e. The summed E-state index contributed by atoms with van der Waals surface area (Å²) in [6.07, 6.45) is 0. The van der Waals surface area contributed by atoms with E-state index in [0.29, 0.717) is 12.1 Å². The minimum atomic E-state index is -1.01. The molecule has 0 radical (unpaired) electrons. The lowest BCUT2D eigenvalue weighted by molar-refractivity contribution is 0.457. The van der Waals surface area contributed by atoms with Gasteiger partial charge in [0, 0.05) is 18.7 Å². The summed E-state index contributed by atoms with van der Waals surface area (Å²) in [7, 11) is 1.74. The highest BCUT2D eigenvalue weighted by Crippen LogP contribution is 2.25. The summed E-state index contributed by atoms with van der Waals surface area (Å²) in [5, 5.41) is 2.89. The van der Waals surface area contributed by atoms with E-state index in [9.17, 15) is 13.2 Å². The summed E-state index contributed by atoms with van der Waals surface area (Å²) < 4.78 is 44.5. The molecule has 0 heterocycles. The smallest absolute Gasteiger partial charge is 0.162 e. The van der Waals surface area contributed by atoms with Gasteiger partial charge in [-0.2, -0.15) is 0 Å². The number of hydrogen-bond acceptors (Lipinski definition) is 2. The van der Waals surface area contributed by atoms with Gasteiger partial charge >= 0.3 is 0 Å². The molecule has 0 amide bonds. The predicted octanol–water partition coefficient (Wildman–Crippen LogP) is 3.62. The Bertz CT molecular complexity index is 587. The van der Waals surface area contributed by atoms with Gasteiger partial charge < -0.3 is 10.1 Å². The van der Waals surface area contributed by atoms with Crippen molar-refractivity contribution in [3.63, 3.8) is 0 Å². The van der Waals surface area contributed by atoms with E-state index in [-0.39, 0.29) is 11.5 Å². The molecule has 0 fully saturated rings. The van der Waals surface area contributed by atoms with Crippen LogP contribution >= 0.6 is 0 Å². The standard InChI is InChI=1S/C14H12F3NO/c1-18-8-9-4-10(15)6-12(5-9)19-11-2-3-13(16)14(17)7-11/h2-7,18H,8H2,1H3.